The molecule has 0 aliphatic heterocycles. The molecule has 110 valence electrons. The van der Waals surface area contributed by atoms with Crippen LogP contribution in [0.2, 0.25) is 0 Å². The fourth-order valence-electron chi connectivity index (χ4n) is 1.78. The lowest BCUT2D eigenvalue weighted by molar-refractivity contribution is -0.274. The Kier molecular flexibility index (Phi) is 5.02. The van der Waals surface area contributed by atoms with Gasteiger partial charge in [0.2, 0.25) is 0 Å². The molecule has 1 aromatic heterocycles. The maximum absolute atomic E-state index is 12.2. The Morgan fingerprint density at radius 2 is 2.00 bits per heavy atom. The van der Waals surface area contributed by atoms with E-state index in [9.17, 15) is 13.2 Å². The van der Waals surface area contributed by atoms with Crippen molar-refractivity contribution in [3.05, 3.63) is 36.0 Å². The lowest BCUT2D eigenvalue weighted by Crippen LogP contribution is -2.18. The monoisotopic (exact) mass is 307 g/mol. The van der Waals surface area contributed by atoms with Crippen molar-refractivity contribution in [1.82, 2.24) is 9.78 Å². The summed E-state index contributed by atoms with van der Waals surface area (Å²) in [6.07, 6.45) is -3.12. The van der Waals surface area contributed by atoms with Gasteiger partial charge in [-0.3, -0.25) is 4.68 Å². The third kappa shape index (κ3) is 3.64. The van der Waals surface area contributed by atoms with Crippen molar-refractivity contribution in [3.63, 3.8) is 0 Å². The summed E-state index contributed by atoms with van der Waals surface area (Å²) in [5.41, 5.74) is 7.26. The Labute approximate surface area is 119 Å². The van der Waals surface area contributed by atoms with Gasteiger partial charge < -0.3 is 10.5 Å². The summed E-state index contributed by atoms with van der Waals surface area (Å²) in [5, 5.41) is 4.00. The SMILES string of the molecule is Cl.Cn1nccc1-c1ccc(OC(F)(F)F)c(CN)c1. The maximum atomic E-state index is 12.2. The van der Waals surface area contributed by atoms with Crippen molar-refractivity contribution >= 4 is 12.4 Å². The summed E-state index contributed by atoms with van der Waals surface area (Å²) in [5.74, 6) is -0.277. The van der Waals surface area contributed by atoms with Crippen LogP contribution >= 0.6 is 12.4 Å². The molecule has 1 heterocycles. The number of hydrogen-bond acceptors (Lipinski definition) is 3. The molecule has 0 unspecified atom stereocenters. The van der Waals surface area contributed by atoms with Crippen molar-refractivity contribution in [2.24, 2.45) is 12.8 Å². The Bertz CT molecular complexity index is 584. The van der Waals surface area contributed by atoms with Gasteiger partial charge in [0.25, 0.3) is 0 Å². The van der Waals surface area contributed by atoms with Crippen LogP contribution in [0.15, 0.2) is 30.5 Å². The average Bonchev–Trinajstić information content (AvgIpc) is 2.74. The normalized spacial score (nSPS) is 11.1. The van der Waals surface area contributed by atoms with Crippen molar-refractivity contribution in [2.75, 3.05) is 0 Å². The number of nitrogens with zero attached hydrogens (tertiary/aromatic N) is 2. The van der Waals surface area contributed by atoms with E-state index in [1.54, 1.807) is 30.1 Å². The van der Waals surface area contributed by atoms with Crippen LogP contribution in [0.4, 0.5) is 13.2 Å². The molecular formula is C12H13ClF3N3O. The summed E-state index contributed by atoms with van der Waals surface area (Å²) in [6, 6.07) is 6.13. The first-order chi connectivity index (χ1) is 8.90. The van der Waals surface area contributed by atoms with Gasteiger partial charge in [0, 0.05) is 30.9 Å². The molecule has 0 saturated heterocycles. The second-order valence-electron chi connectivity index (χ2n) is 3.91. The number of rotatable bonds is 3. The van der Waals surface area contributed by atoms with E-state index in [4.69, 9.17) is 5.73 Å². The van der Waals surface area contributed by atoms with Crippen LogP contribution in [0, 0.1) is 0 Å². The largest absolute Gasteiger partial charge is 0.573 e. The van der Waals surface area contributed by atoms with Gasteiger partial charge in [-0.15, -0.1) is 25.6 Å². The number of benzene rings is 1. The molecule has 0 radical (unpaired) electrons. The topological polar surface area (TPSA) is 53.1 Å². The third-order valence-electron chi connectivity index (χ3n) is 2.62. The molecule has 1 aromatic carbocycles. The first kappa shape index (κ1) is 16.3. The van der Waals surface area contributed by atoms with Gasteiger partial charge in [-0.1, -0.05) is 0 Å². The number of ether oxygens (including phenoxy) is 1. The fourth-order valence-corrected chi connectivity index (χ4v) is 1.78. The number of halogens is 4. The molecule has 2 N–H and O–H groups in total. The summed E-state index contributed by atoms with van der Waals surface area (Å²) in [4.78, 5) is 0. The lowest BCUT2D eigenvalue weighted by atomic mass is 10.1. The van der Waals surface area contributed by atoms with Crippen molar-refractivity contribution < 1.29 is 17.9 Å². The highest BCUT2D eigenvalue weighted by Crippen LogP contribution is 2.30. The predicted molar refractivity (Wildman–Crippen MR) is 70.5 cm³/mol. The van der Waals surface area contributed by atoms with E-state index in [2.05, 4.69) is 9.84 Å². The highest BCUT2D eigenvalue weighted by atomic mass is 35.5. The quantitative estimate of drug-likeness (QED) is 0.948. The van der Waals surface area contributed by atoms with E-state index in [0.717, 1.165) is 11.3 Å². The number of hydrogen-bond donors (Lipinski definition) is 1. The Hall–Kier alpha value is -1.73. The van der Waals surface area contributed by atoms with Gasteiger partial charge in [0.15, 0.2) is 0 Å². The Balaban J connectivity index is 0.00000200. The van der Waals surface area contributed by atoms with Crippen LogP contribution in [0.1, 0.15) is 5.56 Å². The van der Waals surface area contributed by atoms with E-state index in [1.807, 2.05) is 0 Å². The van der Waals surface area contributed by atoms with Gasteiger partial charge in [-0.25, -0.2) is 0 Å². The minimum atomic E-state index is -4.72. The molecule has 0 fully saturated rings. The van der Waals surface area contributed by atoms with E-state index >= 15 is 0 Å². The molecule has 0 aliphatic carbocycles. The molecule has 8 heteroatoms. The first-order valence-corrected chi connectivity index (χ1v) is 5.48. The first-order valence-electron chi connectivity index (χ1n) is 5.48. The van der Waals surface area contributed by atoms with Crippen LogP contribution in [0.3, 0.4) is 0 Å². The average molecular weight is 308 g/mol. The van der Waals surface area contributed by atoms with E-state index in [1.165, 1.54) is 12.1 Å². The molecule has 0 bridgehead atoms. The Morgan fingerprint density at radius 1 is 1.30 bits per heavy atom. The van der Waals surface area contributed by atoms with Crippen LogP contribution < -0.4 is 10.5 Å². The van der Waals surface area contributed by atoms with Gasteiger partial charge in [-0.2, -0.15) is 5.10 Å². The molecule has 0 atom stereocenters. The number of nitrogens with two attached hydrogens (primary N) is 1. The van der Waals surface area contributed by atoms with Crippen molar-refractivity contribution in [2.45, 2.75) is 12.9 Å². The molecule has 0 saturated carbocycles. The second kappa shape index (κ2) is 6.15. The molecular weight excluding hydrogens is 295 g/mol. The maximum Gasteiger partial charge on any atom is 0.573 e. The predicted octanol–water partition coefficient (Wildman–Crippen LogP) is 2.87. The molecule has 2 rings (SSSR count). The van der Waals surface area contributed by atoms with Gasteiger partial charge in [0.1, 0.15) is 5.75 Å². The van der Waals surface area contributed by atoms with Crippen LogP contribution in [0.25, 0.3) is 11.3 Å². The number of alkyl halides is 3. The number of aryl methyl sites for hydroxylation is 1. The van der Waals surface area contributed by atoms with Gasteiger partial charge >= 0.3 is 6.36 Å². The van der Waals surface area contributed by atoms with E-state index in [-0.39, 0.29) is 30.3 Å². The van der Waals surface area contributed by atoms with Crippen LogP contribution in [-0.4, -0.2) is 16.1 Å². The molecule has 20 heavy (non-hydrogen) atoms. The van der Waals surface area contributed by atoms with E-state index in [0.29, 0.717) is 0 Å². The van der Waals surface area contributed by atoms with Crippen molar-refractivity contribution in [1.29, 1.82) is 0 Å². The summed E-state index contributed by atoms with van der Waals surface area (Å²) >= 11 is 0. The summed E-state index contributed by atoms with van der Waals surface area (Å²) in [6.45, 7) is -0.0445. The minimum Gasteiger partial charge on any atom is -0.405 e. The molecule has 2 aromatic rings. The lowest BCUT2D eigenvalue weighted by Gasteiger charge is -2.13. The number of aromatic nitrogens is 2. The molecule has 0 amide bonds. The zero-order valence-electron chi connectivity index (χ0n) is 10.5. The Morgan fingerprint density at radius 3 is 2.50 bits per heavy atom. The molecule has 4 nitrogen and oxygen atoms in total. The minimum absolute atomic E-state index is 0. The zero-order valence-corrected chi connectivity index (χ0v) is 11.3. The van der Waals surface area contributed by atoms with Gasteiger partial charge in [-0.05, 0) is 24.3 Å². The highest BCUT2D eigenvalue weighted by molar-refractivity contribution is 5.85. The second-order valence-corrected chi connectivity index (χ2v) is 3.91. The standard InChI is InChI=1S/C12H12F3N3O.ClH/c1-18-10(4-5-17-18)8-2-3-11(9(6-8)7-16)19-12(13,14)15;/h2-6H,7,16H2,1H3;1H. The zero-order chi connectivity index (χ0) is 14.0. The fraction of sp³-hybridized carbons (Fsp3) is 0.250. The third-order valence-corrected chi connectivity index (χ3v) is 2.62. The van der Waals surface area contributed by atoms with Crippen molar-refractivity contribution in [3.8, 4) is 17.0 Å². The summed E-state index contributed by atoms with van der Waals surface area (Å²) in [7, 11) is 1.75. The van der Waals surface area contributed by atoms with Crippen LogP contribution in [-0.2, 0) is 13.6 Å². The smallest absolute Gasteiger partial charge is 0.405 e. The van der Waals surface area contributed by atoms with Gasteiger partial charge in [0.05, 0.1) is 5.69 Å². The highest BCUT2D eigenvalue weighted by Gasteiger charge is 2.32. The molecule has 0 aliphatic rings. The summed E-state index contributed by atoms with van der Waals surface area (Å²) < 4.78 is 42.2. The van der Waals surface area contributed by atoms with E-state index < -0.39 is 6.36 Å². The molecule has 0 spiro atoms. The van der Waals surface area contributed by atoms with Crippen LogP contribution in [0.5, 0.6) is 5.75 Å².